The van der Waals surface area contributed by atoms with E-state index in [1.54, 1.807) is 0 Å². The van der Waals surface area contributed by atoms with E-state index in [1.165, 1.54) is 5.56 Å². The van der Waals surface area contributed by atoms with E-state index in [9.17, 15) is 9.59 Å². The normalized spacial score (nSPS) is 17.8. The lowest BCUT2D eigenvalue weighted by atomic mass is 9.95. The first-order chi connectivity index (χ1) is 14.6. The van der Waals surface area contributed by atoms with Crippen molar-refractivity contribution in [2.45, 2.75) is 32.2 Å². The number of nitrogens with zero attached hydrogens (tertiary/aromatic N) is 2. The Morgan fingerprint density at radius 2 is 1.60 bits per heavy atom. The van der Waals surface area contributed by atoms with E-state index < -0.39 is 0 Å². The van der Waals surface area contributed by atoms with Crippen LogP contribution in [-0.4, -0.2) is 47.8 Å². The third kappa shape index (κ3) is 5.02. The average molecular weight is 426 g/mol. The zero-order valence-corrected chi connectivity index (χ0v) is 17.9. The molecule has 0 aromatic heterocycles. The molecule has 2 aliphatic heterocycles. The highest BCUT2D eigenvalue weighted by molar-refractivity contribution is 6.30. The van der Waals surface area contributed by atoms with Crippen molar-refractivity contribution in [3.05, 3.63) is 64.7 Å². The van der Waals surface area contributed by atoms with E-state index in [1.807, 2.05) is 41.3 Å². The van der Waals surface area contributed by atoms with E-state index in [-0.39, 0.29) is 17.7 Å². The molecule has 0 atom stereocenters. The zero-order valence-electron chi connectivity index (χ0n) is 17.1. The van der Waals surface area contributed by atoms with Crippen LogP contribution in [0.5, 0.6) is 0 Å². The van der Waals surface area contributed by atoms with Gasteiger partial charge in [-0.05, 0) is 68.6 Å². The highest BCUT2D eigenvalue weighted by atomic mass is 35.5. The zero-order chi connectivity index (χ0) is 20.9. The van der Waals surface area contributed by atoms with Gasteiger partial charge < -0.3 is 10.2 Å². The SMILES string of the molecule is O=C(Nc1ccccc1C(=O)N1CCCC1)C1CCN(Cc2ccc(Cl)cc2)CC1. The van der Waals surface area contributed by atoms with Gasteiger partial charge in [0.15, 0.2) is 0 Å². The fraction of sp³-hybridized carbons (Fsp3) is 0.417. The molecular weight excluding hydrogens is 398 g/mol. The van der Waals surface area contributed by atoms with Crippen LogP contribution < -0.4 is 5.32 Å². The van der Waals surface area contributed by atoms with Gasteiger partial charge in [-0.15, -0.1) is 0 Å². The van der Waals surface area contributed by atoms with Crippen LogP contribution >= 0.6 is 11.6 Å². The lowest BCUT2D eigenvalue weighted by Gasteiger charge is -2.31. The smallest absolute Gasteiger partial charge is 0.255 e. The summed E-state index contributed by atoms with van der Waals surface area (Å²) in [5.74, 6) is 0.00501. The largest absolute Gasteiger partial charge is 0.339 e. The van der Waals surface area contributed by atoms with E-state index >= 15 is 0 Å². The topological polar surface area (TPSA) is 52.7 Å². The Morgan fingerprint density at radius 3 is 2.30 bits per heavy atom. The molecule has 2 aliphatic rings. The summed E-state index contributed by atoms with van der Waals surface area (Å²) in [6.45, 7) is 4.24. The number of halogens is 1. The Bertz CT molecular complexity index is 886. The number of carbonyl (C=O) groups excluding carboxylic acids is 2. The Balaban J connectivity index is 1.33. The average Bonchev–Trinajstić information content (AvgIpc) is 3.31. The highest BCUT2D eigenvalue weighted by Crippen LogP contribution is 2.24. The van der Waals surface area contributed by atoms with Crippen molar-refractivity contribution in [3.8, 4) is 0 Å². The minimum absolute atomic E-state index is 0.0150. The number of benzene rings is 2. The summed E-state index contributed by atoms with van der Waals surface area (Å²) >= 11 is 5.96. The number of para-hydroxylation sites is 1. The van der Waals surface area contributed by atoms with Crippen LogP contribution in [0.25, 0.3) is 0 Å². The molecule has 2 aromatic carbocycles. The number of nitrogens with one attached hydrogen (secondary N) is 1. The molecule has 2 amide bonds. The summed E-state index contributed by atoms with van der Waals surface area (Å²) in [5.41, 5.74) is 2.45. The molecule has 2 fully saturated rings. The second-order valence-electron chi connectivity index (χ2n) is 8.21. The maximum atomic E-state index is 12.9. The third-order valence-corrected chi connectivity index (χ3v) is 6.34. The molecule has 0 bridgehead atoms. The van der Waals surface area contributed by atoms with Gasteiger partial charge in [-0.1, -0.05) is 35.9 Å². The fourth-order valence-electron chi connectivity index (χ4n) is 4.31. The summed E-state index contributed by atoms with van der Waals surface area (Å²) in [7, 11) is 0. The summed E-state index contributed by atoms with van der Waals surface area (Å²) < 4.78 is 0. The van der Waals surface area contributed by atoms with Crippen molar-refractivity contribution in [2.75, 3.05) is 31.5 Å². The molecule has 2 saturated heterocycles. The number of rotatable bonds is 5. The van der Waals surface area contributed by atoms with Gasteiger partial charge in [0.25, 0.3) is 5.91 Å². The highest BCUT2D eigenvalue weighted by Gasteiger charge is 2.27. The standard InChI is InChI=1S/C24H28ClN3O2/c25-20-9-7-18(8-10-20)17-27-15-11-19(12-16-27)23(29)26-22-6-2-1-5-21(22)24(30)28-13-3-4-14-28/h1-2,5-10,19H,3-4,11-17H2,(H,26,29). The predicted molar refractivity (Wildman–Crippen MR) is 120 cm³/mol. The third-order valence-electron chi connectivity index (χ3n) is 6.09. The molecule has 0 saturated carbocycles. The first-order valence-electron chi connectivity index (χ1n) is 10.8. The molecule has 5 nitrogen and oxygen atoms in total. The van der Waals surface area contributed by atoms with E-state index in [0.29, 0.717) is 11.3 Å². The van der Waals surface area contributed by atoms with Gasteiger partial charge in [-0.25, -0.2) is 0 Å². The van der Waals surface area contributed by atoms with Crippen LogP contribution in [0.2, 0.25) is 5.02 Å². The molecule has 2 aromatic rings. The van der Waals surface area contributed by atoms with Crippen LogP contribution in [0, 0.1) is 5.92 Å². The number of carbonyl (C=O) groups is 2. The number of piperidine rings is 1. The molecular formula is C24H28ClN3O2. The summed E-state index contributed by atoms with van der Waals surface area (Å²) in [5, 5.41) is 3.78. The van der Waals surface area contributed by atoms with Crippen molar-refractivity contribution in [1.29, 1.82) is 0 Å². The second kappa shape index (κ2) is 9.63. The molecule has 6 heteroatoms. The summed E-state index contributed by atoms with van der Waals surface area (Å²) in [4.78, 5) is 30.0. The molecule has 0 radical (unpaired) electrons. The van der Waals surface area contributed by atoms with Gasteiger partial charge in [0.05, 0.1) is 11.3 Å². The number of hydrogen-bond donors (Lipinski definition) is 1. The summed E-state index contributed by atoms with van der Waals surface area (Å²) in [6, 6.07) is 15.3. The van der Waals surface area contributed by atoms with Gasteiger partial charge in [0.1, 0.15) is 0 Å². The molecule has 0 spiro atoms. The number of hydrogen-bond acceptors (Lipinski definition) is 3. The first-order valence-corrected chi connectivity index (χ1v) is 11.1. The quantitative estimate of drug-likeness (QED) is 0.771. The molecule has 30 heavy (non-hydrogen) atoms. The predicted octanol–water partition coefficient (Wildman–Crippen LogP) is 4.43. The van der Waals surface area contributed by atoms with Crippen molar-refractivity contribution >= 4 is 29.1 Å². The Morgan fingerprint density at radius 1 is 0.933 bits per heavy atom. The van der Waals surface area contributed by atoms with Crippen LogP contribution in [0.15, 0.2) is 48.5 Å². The maximum absolute atomic E-state index is 12.9. The summed E-state index contributed by atoms with van der Waals surface area (Å²) in [6.07, 6.45) is 3.74. The van der Waals surface area contributed by atoms with Crippen LogP contribution in [0.4, 0.5) is 5.69 Å². The van der Waals surface area contributed by atoms with E-state index in [0.717, 1.165) is 63.4 Å². The van der Waals surface area contributed by atoms with Crippen LogP contribution in [0.1, 0.15) is 41.6 Å². The first kappa shape index (κ1) is 20.9. The van der Waals surface area contributed by atoms with E-state index in [4.69, 9.17) is 11.6 Å². The molecule has 2 heterocycles. The van der Waals surface area contributed by atoms with Crippen molar-refractivity contribution in [2.24, 2.45) is 5.92 Å². The Labute approximate surface area is 183 Å². The lowest BCUT2D eigenvalue weighted by molar-refractivity contribution is -0.121. The van der Waals surface area contributed by atoms with Gasteiger partial charge in [-0.3, -0.25) is 14.5 Å². The minimum atomic E-state index is -0.0265. The lowest BCUT2D eigenvalue weighted by Crippen LogP contribution is -2.38. The Hall–Kier alpha value is -2.37. The minimum Gasteiger partial charge on any atom is -0.339 e. The second-order valence-corrected chi connectivity index (χ2v) is 8.65. The molecule has 4 rings (SSSR count). The molecule has 0 aliphatic carbocycles. The molecule has 1 N–H and O–H groups in total. The number of likely N-dealkylation sites (tertiary alicyclic amines) is 2. The van der Waals surface area contributed by atoms with Gasteiger partial charge in [0, 0.05) is 30.6 Å². The Kier molecular flexibility index (Phi) is 6.70. The fourth-order valence-corrected chi connectivity index (χ4v) is 4.43. The number of amides is 2. The van der Waals surface area contributed by atoms with Gasteiger partial charge in [-0.2, -0.15) is 0 Å². The van der Waals surface area contributed by atoms with Gasteiger partial charge >= 0.3 is 0 Å². The number of anilines is 1. The van der Waals surface area contributed by atoms with Gasteiger partial charge in [0.2, 0.25) is 5.91 Å². The monoisotopic (exact) mass is 425 g/mol. The van der Waals surface area contributed by atoms with Crippen molar-refractivity contribution in [1.82, 2.24) is 9.80 Å². The maximum Gasteiger partial charge on any atom is 0.255 e. The van der Waals surface area contributed by atoms with Crippen molar-refractivity contribution < 1.29 is 9.59 Å². The van der Waals surface area contributed by atoms with Crippen LogP contribution in [0.3, 0.4) is 0 Å². The van der Waals surface area contributed by atoms with Crippen LogP contribution in [-0.2, 0) is 11.3 Å². The molecule has 0 unspecified atom stereocenters. The van der Waals surface area contributed by atoms with E-state index in [2.05, 4.69) is 22.3 Å². The molecule has 158 valence electrons. The van der Waals surface area contributed by atoms with Crippen molar-refractivity contribution in [3.63, 3.8) is 0 Å².